The van der Waals surface area contributed by atoms with Crippen molar-refractivity contribution in [3.05, 3.63) is 65.7 Å². The lowest BCUT2D eigenvalue weighted by Crippen LogP contribution is -2.62. The fourth-order valence-electron chi connectivity index (χ4n) is 5.92. The molecule has 2 aromatic rings. The number of nitrogens with zero attached hydrogens (tertiary/aromatic N) is 2. The van der Waals surface area contributed by atoms with E-state index in [0.717, 1.165) is 48.0 Å². The number of amides is 4. The van der Waals surface area contributed by atoms with E-state index in [1.807, 2.05) is 23.1 Å². The fraction of sp³-hybridized carbons (Fsp3) is 0.370. The molecular formula is C27H29N5O3S. The number of rotatable bonds is 4. The van der Waals surface area contributed by atoms with Crippen molar-refractivity contribution < 1.29 is 14.4 Å². The Labute approximate surface area is 214 Å². The lowest BCUT2D eigenvalue weighted by atomic mass is 9.86. The molecular weight excluding hydrogens is 474 g/mol. The van der Waals surface area contributed by atoms with E-state index < -0.39 is 0 Å². The predicted octanol–water partition coefficient (Wildman–Crippen LogP) is 2.93. The maximum absolute atomic E-state index is 13.4. The van der Waals surface area contributed by atoms with Crippen molar-refractivity contribution in [1.82, 2.24) is 20.9 Å². The normalized spacial score (nSPS) is 27.5. The molecule has 186 valence electrons. The summed E-state index contributed by atoms with van der Waals surface area (Å²) >= 11 is 1.50. The molecule has 3 saturated heterocycles. The minimum absolute atomic E-state index is 0.00105. The summed E-state index contributed by atoms with van der Waals surface area (Å²) in [5.74, 6) is -0.293. The summed E-state index contributed by atoms with van der Waals surface area (Å²) in [5, 5.41) is 12.0. The van der Waals surface area contributed by atoms with Crippen molar-refractivity contribution >= 4 is 46.1 Å². The molecule has 8 nitrogen and oxygen atoms in total. The van der Waals surface area contributed by atoms with Crippen LogP contribution in [0.15, 0.2) is 65.7 Å². The van der Waals surface area contributed by atoms with Gasteiger partial charge in [-0.3, -0.25) is 14.5 Å². The number of piperidine rings is 2. The third-order valence-corrected chi connectivity index (χ3v) is 8.96. The van der Waals surface area contributed by atoms with Crippen molar-refractivity contribution in [3.63, 3.8) is 0 Å². The minimum atomic E-state index is -0.199. The smallest absolute Gasteiger partial charge is 0.326 e. The zero-order valence-corrected chi connectivity index (χ0v) is 20.7. The van der Waals surface area contributed by atoms with Crippen LogP contribution in [0, 0.1) is 5.92 Å². The van der Waals surface area contributed by atoms with E-state index in [2.05, 4.69) is 46.8 Å². The lowest BCUT2D eigenvalue weighted by Gasteiger charge is -2.45. The molecule has 3 unspecified atom stereocenters. The molecule has 3 N–H and O–H groups in total. The zero-order valence-electron chi connectivity index (χ0n) is 19.9. The van der Waals surface area contributed by atoms with Gasteiger partial charge in [0.25, 0.3) is 5.91 Å². The lowest BCUT2D eigenvalue weighted by molar-refractivity contribution is -0.128. The molecule has 6 rings (SSSR count). The maximum atomic E-state index is 13.4. The van der Waals surface area contributed by atoms with E-state index in [4.69, 9.17) is 0 Å². The number of hydrogen-bond donors (Lipinski definition) is 3. The molecule has 2 aromatic carbocycles. The number of hydrogen-bond acceptors (Lipinski definition) is 5. The van der Waals surface area contributed by atoms with Crippen LogP contribution in [0.5, 0.6) is 0 Å². The van der Waals surface area contributed by atoms with Crippen molar-refractivity contribution in [2.45, 2.75) is 36.7 Å². The zero-order chi connectivity index (χ0) is 24.8. The monoisotopic (exact) mass is 503 g/mol. The van der Waals surface area contributed by atoms with Crippen molar-refractivity contribution in [3.8, 4) is 0 Å². The Kier molecular flexibility index (Phi) is 5.97. The average molecular weight is 504 g/mol. The molecule has 4 atom stereocenters. The molecule has 4 heterocycles. The number of carbonyl (C=O) groups excluding carboxylic acids is 3. The molecule has 0 spiro atoms. The van der Waals surface area contributed by atoms with E-state index in [-0.39, 0.29) is 41.2 Å². The summed E-state index contributed by atoms with van der Waals surface area (Å²) in [7, 11) is 0. The van der Waals surface area contributed by atoms with Crippen LogP contribution >= 0.6 is 11.8 Å². The van der Waals surface area contributed by atoms with Gasteiger partial charge in [0.15, 0.2) is 0 Å². The molecule has 0 aromatic heterocycles. The highest BCUT2D eigenvalue weighted by Crippen LogP contribution is 2.48. The number of anilines is 1. The number of carbonyl (C=O) groups is 3. The van der Waals surface area contributed by atoms with Crippen LogP contribution in [-0.2, 0) is 9.59 Å². The van der Waals surface area contributed by atoms with E-state index in [0.29, 0.717) is 18.0 Å². The topological polar surface area (TPSA) is 93.8 Å². The van der Waals surface area contributed by atoms with Gasteiger partial charge in [0, 0.05) is 36.4 Å². The van der Waals surface area contributed by atoms with E-state index in [1.165, 1.54) is 17.8 Å². The third kappa shape index (κ3) is 3.96. The average Bonchev–Trinajstić information content (AvgIpc) is 3.28. The van der Waals surface area contributed by atoms with Gasteiger partial charge in [-0.05, 0) is 54.8 Å². The molecule has 9 heteroatoms. The molecule has 4 aliphatic rings. The predicted molar refractivity (Wildman–Crippen MR) is 141 cm³/mol. The number of urea groups is 1. The molecule has 0 saturated carbocycles. The van der Waals surface area contributed by atoms with Gasteiger partial charge in [0.2, 0.25) is 5.91 Å². The highest BCUT2D eigenvalue weighted by molar-refractivity contribution is 8.04. The van der Waals surface area contributed by atoms with Gasteiger partial charge < -0.3 is 20.9 Å². The molecule has 3 fully saturated rings. The van der Waals surface area contributed by atoms with Gasteiger partial charge >= 0.3 is 6.03 Å². The van der Waals surface area contributed by atoms with E-state index in [1.54, 1.807) is 4.90 Å². The van der Waals surface area contributed by atoms with Gasteiger partial charge in [0.1, 0.15) is 0 Å². The third-order valence-electron chi connectivity index (χ3n) is 7.60. The van der Waals surface area contributed by atoms with Gasteiger partial charge in [-0.2, -0.15) is 0 Å². The first-order chi connectivity index (χ1) is 17.5. The Bertz CT molecular complexity index is 1290. The van der Waals surface area contributed by atoms with Crippen LogP contribution in [0.3, 0.4) is 0 Å². The highest BCUT2D eigenvalue weighted by atomic mass is 32.2. The minimum Gasteiger partial charge on any atom is -0.347 e. The van der Waals surface area contributed by atoms with E-state index >= 15 is 0 Å². The second-order valence-electron chi connectivity index (χ2n) is 9.75. The van der Waals surface area contributed by atoms with Crippen LogP contribution in [0.25, 0.3) is 10.8 Å². The fourth-order valence-corrected chi connectivity index (χ4v) is 7.32. The second-order valence-corrected chi connectivity index (χ2v) is 10.9. The number of benzene rings is 2. The summed E-state index contributed by atoms with van der Waals surface area (Å²) in [6.45, 7) is 5.50. The Balaban J connectivity index is 1.26. The molecule has 36 heavy (non-hydrogen) atoms. The maximum Gasteiger partial charge on any atom is 0.326 e. The Morgan fingerprint density at radius 3 is 2.81 bits per heavy atom. The standard InChI is InChI=1S/C27H29N5O3S/c1-2-21(33)31-13-5-8-18(15-31)29-25(34)24-23-22-20(11-12-28-26(22)36-24)32(27(35)30-23)19-10-9-16-6-3-4-7-17(16)14-19/h2-4,6-7,9-10,14,18,20,22,26,28H,1,5,8,11-13,15H2,(H,29,34)(H,30,35)/t18-,20?,22?,26?/m1/s1. The number of fused-ring (bicyclic) bond motifs is 1. The summed E-state index contributed by atoms with van der Waals surface area (Å²) in [5.41, 5.74) is 1.59. The van der Waals surface area contributed by atoms with Crippen LogP contribution < -0.4 is 20.9 Å². The Morgan fingerprint density at radius 1 is 1.14 bits per heavy atom. The van der Waals surface area contributed by atoms with Crippen LogP contribution in [0.4, 0.5) is 10.5 Å². The first-order valence-electron chi connectivity index (χ1n) is 12.5. The number of nitrogens with one attached hydrogen (secondary N) is 3. The van der Waals surface area contributed by atoms with Crippen molar-refractivity contribution in [2.75, 3.05) is 24.5 Å². The second kappa shape index (κ2) is 9.29. The van der Waals surface area contributed by atoms with Gasteiger partial charge in [-0.1, -0.05) is 48.7 Å². The van der Waals surface area contributed by atoms with Gasteiger partial charge in [-0.15, -0.1) is 0 Å². The number of likely N-dealkylation sites (tertiary alicyclic amines) is 1. The van der Waals surface area contributed by atoms with E-state index in [9.17, 15) is 14.4 Å². The quantitative estimate of drug-likeness (QED) is 0.558. The summed E-state index contributed by atoms with van der Waals surface area (Å²) in [4.78, 5) is 43.1. The summed E-state index contributed by atoms with van der Waals surface area (Å²) in [6, 6.07) is 13.9. The first kappa shape index (κ1) is 23.1. The molecule has 4 amide bonds. The molecule has 0 bridgehead atoms. The summed E-state index contributed by atoms with van der Waals surface area (Å²) in [6.07, 6.45) is 3.77. The highest BCUT2D eigenvalue weighted by Gasteiger charge is 2.51. The summed E-state index contributed by atoms with van der Waals surface area (Å²) < 4.78 is 0. The van der Waals surface area contributed by atoms with Crippen LogP contribution in [0.1, 0.15) is 19.3 Å². The largest absolute Gasteiger partial charge is 0.347 e. The van der Waals surface area contributed by atoms with Crippen molar-refractivity contribution in [1.29, 1.82) is 0 Å². The number of thioether (sulfide) groups is 1. The molecule has 4 aliphatic heterocycles. The van der Waals surface area contributed by atoms with Crippen LogP contribution in [-0.4, -0.2) is 59.8 Å². The molecule has 0 radical (unpaired) electrons. The van der Waals surface area contributed by atoms with Crippen molar-refractivity contribution in [2.24, 2.45) is 5.92 Å². The van der Waals surface area contributed by atoms with Gasteiger partial charge in [-0.25, -0.2) is 4.79 Å². The first-order valence-corrected chi connectivity index (χ1v) is 13.4. The molecule has 0 aliphatic carbocycles. The van der Waals surface area contributed by atoms with Crippen LogP contribution in [0.2, 0.25) is 0 Å². The Morgan fingerprint density at radius 2 is 1.97 bits per heavy atom. The van der Waals surface area contributed by atoms with Gasteiger partial charge in [0.05, 0.1) is 16.3 Å². The SMILES string of the molecule is C=CC(=O)N1CCC[C@@H](NC(=O)C2=C3NC(=O)N(c4ccc5ccccc5c4)C4CCNC(S2)C34)C1. The Hall–Kier alpha value is -3.30.